The number of nitrogens with zero attached hydrogens (tertiary/aromatic N) is 2. The van der Waals surface area contributed by atoms with Crippen LogP contribution in [-0.2, 0) is 30.9 Å². The molecule has 2 amide bonds. The number of amides is 2. The number of benzene rings is 3. The molecule has 1 atom stereocenters. The lowest BCUT2D eigenvalue weighted by molar-refractivity contribution is -0.143. The molecule has 0 saturated carbocycles. The van der Waals surface area contributed by atoms with Gasteiger partial charge in [0.1, 0.15) is 17.5 Å². The van der Waals surface area contributed by atoms with Crippen molar-refractivity contribution in [3.8, 4) is 11.5 Å². The maximum atomic E-state index is 13.7. The van der Waals surface area contributed by atoms with Crippen molar-refractivity contribution in [2.24, 2.45) is 0 Å². The molecule has 3 aromatic rings. The van der Waals surface area contributed by atoms with Gasteiger partial charge < -0.3 is 24.4 Å². The highest BCUT2D eigenvalue weighted by Gasteiger charge is 2.32. The van der Waals surface area contributed by atoms with Gasteiger partial charge in [0, 0.05) is 26.2 Å². The Labute approximate surface area is 240 Å². The number of carbonyl (C=O) groups is 2. The summed E-state index contributed by atoms with van der Waals surface area (Å²) in [5.41, 5.74) is 1.47. The van der Waals surface area contributed by atoms with Crippen molar-refractivity contribution >= 4 is 21.8 Å². The monoisotopic (exact) mass is 581 g/mol. The number of likely N-dealkylation sites (N-methyl/N-ethyl adjacent to an activating group) is 1. The van der Waals surface area contributed by atoms with Crippen LogP contribution in [0, 0.1) is 0 Å². The average Bonchev–Trinajstić information content (AvgIpc) is 3.01. The quantitative estimate of drug-likeness (QED) is 0.350. The lowest BCUT2D eigenvalue weighted by Gasteiger charge is -2.31. The molecule has 0 radical (unpaired) electrons. The van der Waals surface area contributed by atoms with Crippen molar-refractivity contribution in [3.63, 3.8) is 0 Å². The second kappa shape index (κ2) is 14.1. The number of morpholine rings is 1. The predicted molar refractivity (Wildman–Crippen MR) is 153 cm³/mol. The zero-order valence-corrected chi connectivity index (χ0v) is 24.0. The molecular weight excluding hydrogens is 546 g/mol. The van der Waals surface area contributed by atoms with E-state index in [0.717, 1.165) is 5.56 Å². The third-order valence-electron chi connectivity index (χ3n) is 6.65. The van der Waals surface area contributed by atoms with Gasteiger partial charge in [0.2, 0.25) is 15.9 Å². The minimum absolute atomic E-state index is 0.139. The second-order valence-corrected chi connectivity index (χ2v) is 11.3. The number of hydrogen-bond donors (Lipinski definition) is 1. The van der Waals surface area contributed by atoms with Gasteiger partial charge in [0.15, 0.2) is 6.61 Å². The third-order valence-corrected chi connectivity index (χ3v) is 8.57. The first-order valence-corrected chi connectivity index (χ1v) is 14.8. The summed E-state index contributed by atoms with van der Waals surface area (Å²) >= 11 is 0. The molecular formula is C30H35N3O7S. The van der Waals surface area contributed by atoms with Crippen LogP contribution in [0.2, 0.25) is 0 Å². The lowest BCUT2D eigenvalue weighted by atomic mass is 10.0. The van der Waals surface area contributed by atoms with E-state index in [1.165, 1.54) is 33.5 Å². The Kier molecular flexibility index (Phi) is 10.3. The van der Waals surface area contributed by atoms with Crippen LogP contribution in [0.1, 0.15) is 24.1 Å². The molecule has 0 aliphatic carbocycles. The average molecular weight is 582 g/mol. The van der Waals surface area contributed by atoms with Gasteiger partial charge in [0.05, 0.1) is 25.2 Å². The smallest absolute Gasteiger partial charge is 0.261 e. The van der Waals surface area contributed by atoms with E-state index in [0.29, 0.717) is 49.9 Å². The number of ether oxygens (including phenoxy) is 3. The first-order chi connectivity index (χ1) is 19.8. The van der Waals surface area contributed by atoms with E-state index in [1.807, 2.05) is 49.4 Å². The van der Waals surface area contributed by atoms with E-state index < -0.39 is 22.0 Å². The second-order valence-electron chi connectivity index (χ2n) is 9.35. The normalized spacial score (nSPS) is 14.6. The Bertz CT molecular complexity index is 1390. The summed E-state index contributed by atoms with van der Waals surface area (Å²) in [5.74, 6) is 0.291. The van der Waals surface area contributed by atoms with Crippen molar-refractivity contribution in [2.75, 3.05) is 46.6 Å². The Morgan fingerprint density at radius 3 is 2.20 bits per heavy atom. The van der Waals surface area contributed by atoms with Gasteiger partial charge in [-0.3, -0.25) is 9.59 Å². The summed E-state index contributed by atoms with van der Waals surface area (Å²) < 4.78 is 43.5. The van der Waals surface area contributed by atoms with E-state index >= 15 is 0 Å². The summed E-state index contributed by atoms with van der Waals surface area (Å²) in [6, 6.07) is 21.4. The Morgan fingerprint density at radius 2 is 1.59 bits per heavy atom. The Hall–Kier alpha value is -3.93. The molecule has 4 rings (SSSR count). The number of hydrogen-bond acceptors (Lipinski definition) is 7. The van der Waals surface area contributed by atoms with Crippen LogP contribution in [0.5, 0.6) is 11.5 Å². The Balaban J connectivity index is 1.54. The van der Waals surface area contributed by atoms with E-state index in [2.05, 4.69) is 5.32 Å². The number of carbonyl (C=O) groups excluding carboxylic acids is 2. The van der Waals surface area contributed by atoms with E-state index in [4.69, 9.17) is 14.2 Å². The van der Waals surface area contributed by atoms with Gasteiger partial charge >= 0.3 is 0 Å². The fraction of sp³-hybridized carbons (Fsp3) is 0.333. The molecule has 0 unspecified atom stereocenters. The summed E-state index contributed by atoms with van der Waals surface area (Å²) in [6.07, 6.45) is 0. The van der Waals surface area contributed by atoms with Gasteiger partial charge in [-0.25, -0.2) is 8.42 Å². The number of rotatable bonds is 12. The van der Waals surface area contributed by atoms with Gasteiger partial charge in [-0.1, -0.05) is 42.5 Å². The molecule has 1 saturated heterocycles. The van der Waals surface area contributed by atoms with Gasteiger partial charge in [-0.2, -0.15) is 4.31 Å². The molecule has 1 aliphatic heterocycles. The first-order valence-electron chi connectivity index (χ1n) is 13.4. The van der Waals surface area contributed by atoms with E-state index in [1.54, 1.807) is 19.2 Å². The van der Waals surface area contributed by atoms with Crippen LogP contribution in [0.3, 0.4) is 0 Å². The molecule has 11 heteroatoms. The SMILES string of the molecule is CCNC(=O)[C@H](c1ccccc1)N(Cc1ccc(OC)cc1)C(=O)COc1ccc(S(=O)(=O)N2CCOCC2)cc1. The third kappa shape index (κ3) is 7.63. The van der Waals surface area contributed by atoms with Crippen LogP contribution in [0.25, 0.3) is 0 Å². The molecule has 1 heterocycles. The minimum Gasteiger partial charge on any atom is -0.497 e. The Morgan fingerprint density at radius 1 is 0.951 bits per heavy atom. The van der Waals surface area contributed by atoms with Crippen LogP contribution in [-0.4, -0.2) is 76.0 Å². The van der Waals surface area contributed by atoms with Crippen LogP contribution in [0.15, 0.2) is 83.8 Å². The highest BCUT2D eigenvalue weighted by molar-refractivity contribution is 7.89. The van der Waals surface area contributed by atoms with E-state index in [-0.39, 0.29) is 24.0 Å². The van der Waals surface area contributed by atoms with Crippen LogP contribution >= 0.6 is 0 Å². The van der Waals surface area contributed by atoms with Crippen molar-refractivity contribution < 1.29 is 32.2 Å². The molecule has 3 aromatic carbocycles. The van der Waals surface area contributed by atoms with Gasteiger partial charge in [-0.05, 0) is 54.4 Å². The maximum Gasteiger partial charge on any atom is 0.261 e. The fourth-order valence-electron chi connectivity index (χ4n) is 4.50. The minimum atomic E-state index is -3.65. The number of nitrogens with one attached hydrogen (secondary N) is 1. The lowest BCUT2D eigenvalue weighted by Crippen LogP contribution is -2.45. The topological polar surface area (TPSA) is 114 Å². The highest BCUT2D eigenvalue weighted by Crippen LogP contribution is 2.26. The molecule has 1 N–H and O–H groups in total. The fourth-order valence-corrected chi connectivity index (χ4v) is 5.91. The highest BCUT2D eigenvalue weighted by atomic mass is 32.2. The zero-order valence-electron chi connectivity index (χ0n) is 23.2. The molecule has 41 heavy (non-hydrogen) atoms. The van der Waals surface area contributed by atoms with Crippen molar-refractivity contribution in [2.45, 2.75) is 24.4 Å². The first kappa shape index (κ1) is 30.0. The van der Waals surface area contributed by atoms with Crippen molar-refractivity contribution in [1.29, 1.82) is 0 Å². The largest absolute Gasteiger partial charge is 0.497 e. The van der Waals surface area contributed by atoms with Crippen molar-refractivity contribution in [1.82, 2.24) is 14.5 Å². The summed E-state index contributed by atoms with van der Waals surface area (Å²) in [5, 5.41) is 2.84. The number of sulfonamides is 1. The predicted octanol–water partition coefficient (Wildman–Crippen LogP) is 3.00. The summed E-state index contributed by atoms with van der Waals surface area (Å²) in [6.45, 7) is 3.34. The molecule has 10 nitrogen and oxygen atoms in total. The van der Waals surface area contributed by atoms with E-state index in [9.17, 15) is 18.0 Å². The molecule has 1 aliphatic rings. The van der Waals surface area contributed by atoms with Crippen LogP contribution < -0.4 is 14.8 Å². The summed E-state index contributed by atoms with van der Waals surface area (Å²) in [7, 11) is -2.07. The van der Waals surface area contributed by atoms with Crippen molar-refractivity contribution in [3.05, 3.63) is 90.0 Å². The maximum absolute atomic E-state index is 13.7. The van der Waals surface area contributed by atoms with Crippen LogP contribution in [0.4, 0.5) is 0 Å². The molecule has 0 bridgehead atoms. The summed E-state index contributed by atoms with van der Waals surface area (Å²) in [4.78, 5) is 28.6. The van der Waals surface area contributed by atoms with Gasteiger partial charge in [-0.15, -0.1) is 0 Å². The van der Waals surface area contributed by atoms with Gasteiger partial charge in [0.25, 0.3) is 5.91 Å². The standard InChI is InChI=1S/C30H35N3O7S/c1-3-31-30(35)29(24-7-5-4-6-8-24)33(21-23-9-11-25(38-2)12-10-23)28(34)22-40-26-13-15-27(16-14-26)41(36,37)32-17-19-39-20-18-32/h4-16,29H,3,17-22H2,1-2H3,(H,31,35)/t29-/m0/s1. The molecule has 1 fully saturated rings. The molecule has 0 aromatic heterocycles. The molecule has 218 valence electrons. The number of methoxy groups -OCH3 is 1. The zero-order chi connectivity index (χ0) is 29.2. The molecule has 0 spiro atoms.